The highest BCUT2D eigenvalue weighted by Crippen LogP contribution is 2.28. The minimum Gasteiger partial charge on any atom is -0.293 e. The van der Waals surface area contributed by atoms with Crippen molar-refractivity contribution in [2.45, 2.75) is 12.8 Å². The molecule has 0 aliphatic heterocycles. The van der Waals surface area contributed by atoms with Gasteiger partial charge in [-0.1, -0.05) is 79.8 Å². The number of thiocarbonyl (C=S) groups is 1. The van der Waals surface area contributed by atoms with Gasteiger partial charge in [0.25, 0.3) is 0 Å². The van der Waals surface area contributed by atoms with Crippen LogP contribution in [-0.2, 0) is 0 Å². The molecule has 0 bridgehead atoms. The van der Waals surface area contributed by atoms with Crippen LogP contribution in [0.1, 0.15) is 28.8 Å². The predicted octanol–water partition coefficient (Wildman–Crippen LogP) is 5.42. The monoisotopic (exact) mass is 346 g/mol. The lowest BCUT2D eigenvalue weighted by molar-refractivity contribution is 0.0968. The van der Waals surface area contributed by atoms with Crippen LogP contribution >= 0.6 is 35.7 Å². The lowest BCUT2D eigenvalue weighted by Crippen LogP contribution is -2.16. The van der Waals surface area contributed by atoms with Crippen molar-refractivity contribution < 1.29 is 4.79 Å². The van der Waals surface area contributed by atoms with E-state index >= 15 is 0 Å². The van der Waals surface area contributed by atoms with E-state index in [-0.39, 0.29) is 11.7 Å². The minimum absolute atomic E-state index is 0.156. The van der Waals surface area contributed by atoms with E-state index in [0.29, 0.717) is 5.75 Å². The van der Waals surface area contributed by atoms with E-state index in [9.17, 15) is 4.79 Å². The largest absolute Gasteiger partial charge is 0.293 e. The number of carbonyl (C=O) groups is 1. The van der Waals surface area contributed by atoms with Crippen molar-refractivity contribution in [3.63, 3.8) is 0 Å². The van der Waals surface area contributed by atoms with Gasteiger partial charge in [0.15, 0.2) is 5.78 Å². The van der Waals surface area contributed by atoms with Crippen LogP contribution in [0.15, 0.2) is 60.7 Å². The first-order valence-electron chi connectivity index (χ1n) is 7.16. The lowest BCUT2D eigenvalue weighted by atomic mass is 9.92. The predicted molar refractivity (Wildman–Crippen MR) is 103 cm³/mol. The number of benzene rings is 2. The summed E-state index contributed by atoms with van der Waals surface area (Å²) >= 11 is 8.60. The van der Waals surface area contributed by atoms with Crippen LogP contribution in [0, 0.1) is 0 Å². The quantitative estimate of drug-likeness (QED) is 0.512. The molecule has 22 heavy (non-hydrogen) atoms. The van der Waals surface area contributed by atoms with Crippen LogP contribution < -0.4 is 0 Å². The van der Waals surface area contributed by atoms with Gasteiger partial charge in [0, 0.05) is 11.3 Å². The number of hydrogen-bond acceptors (Lipinski definition) is 4. The zero-order chi connectivity index (χ0) is 15.8. The van der Waals surface area contributed by atoms with E-state index in [0.717, 1.165) is 20.4 Å². The molecule has 2 aromatic rings. The van der Waals surface area contributed by atoms with Crippen LogP contribution in [0.25, 0.3) is 0 Å². The van der Waals surface area contributed by atoms with E-state index < -0.39 is 0 Å². The number of rotatable bonds is 6. The second-order valence-electron chi connectivity index (χ2n) is 4.69. The molecule has 0 spiro atoms. The van der Waals surface area contributed by atoms with Gasteiger partial charge < -0.3 is 0 Å². The number of ketones is 1. The summed E-state index contributed by atoms with van der Waals surface area (Å²) in [7, 11) is 0. The van der Waals surface area contributed by atoms with Crippen LogP contribution in [0.4, 0.5) is 0 Å². The molecular formula is C18H18OS3. The van der Waals surface area contributed by atoms with Crippen molar-refractivity contribution in [2.24, 2.45) is 0 Å². The summed E-state index contributed by atoms with van der Waals surface area (Å²) in [5.41, 5.74) is 1.80. The molecule has 1 nitrogen and oxygen atoms in total. The minimum atomic E-state index is -0.163. The third-order valence-corrected chi connectivity index (χ3v) is 5.88. The van der Waals surface area contributed by atoms with Crippen molar-refractivity contribution in [3.05, 3.63) is 71.8 Å². The lowest BCUT2D eigenvalue weighted by Gasteiger charge is -2.16. The third-order valence-electron chi connectivity index (χ3n) is 3.21. The molecule has 0 aliphatic carbocycles. The van der Waals surface area contributed by atoms with Crippen molar-refractivity contribution in [1.29, 1.82) is 0 Å². The molecule has 2 rings (SSSR count). The second kappa shape index (κ2) is 9.13. The van der Waals surface area contributed by atoms with Gasteiger partial charge >= 0.3 is 0 Å². The summed E-state index contributed by atoms with van der Waals surface area (Å²) in [5, 5.41) is 0. The van der Waals surface area contributed by atoms with Gasteiger partial charge in [-0.3, -0.25) is 4.79 Å². The zero-order valence-corrected chi connectivity index (χ0v) is 14.8. The Labute approximate surface area is 145 Å². The maximum absolute atomic E-state index is 12.9. The van der Waals surface area contributed by atoms with Gasteiger partial charge in [-0.15, -0.1) is 23.5 Å². The molecule has 0 radical (unpaired) electrons. The molecule has 0 saturated heterocycles. The first-order chi connectivity index (χ1) is 10.7. The molecule has 0 amide bonds. The van der Waals surface area contributed by atoms with Gasteiger partial charge in [0.05, 0.1) is 5.92 Å². The summed E-state index contributed by atoms with van der Waals surface area (Å²) in [6, 6.07) is 19.4. The Hall–Kier alpha value is -1.10. The van der Waals surface area contributed by atoms with E-state index in [2.05, 4.69) is 6.92 Å². The molecule has 114 valence electrons. The van der Waals surface area contributed by atoms with Crippen molar-refractivity contribution in [3.8, 4) is 0 Å². The highest BCUT2D eigenvalue weighted by atomic mass is 32.2. The topological polar surface area (TPSA) is 17.1 Å². The molecule has 2 aromatic carbocycles. The van der Waals surface area contributed by atoms with Crippen LogP contribution in [0.2, 0.25) is 0 Å². The number of thioether (sulfide) groups is 2. The maximum atomic E-state index is 12.9. The summed E-state index contributed by atoms with van der Waals surface area (Å²) in [5.74, 6) is 1.64. The van der Waals surface area contributed by atoms with Gasteiger partial charge in [0.1, 0.15) is 3.53 Å². The molecule has 0 aromatic heterocycles. The fraction of sp³-hybridized carbons (Fsp3) is 0.222. The molecule has 0 aliphatic rings. The Balaban J connectivity index is 2.19. The number of Topliss-reactive ketones (excluding diaryl/α,β-unsaturated/α-hetero) is 1. The van der Waals surface area contributed by atoms with Crippen LogP contribution in [-0.4, -0.2) is 20.8 Å². The fourth-order valence-corrected chi connectivity index (χ4v) is 4.45. The highest BCUT2D eigenvalue weighted by Gasteiger charge is 2.22. The van der Waals surface area contributed by atoms with Crippen molar-refractivity contribution >= 4 is 45.1 Å². The zero-order valence-electron chi connectivity index (χ0n) is 12.4. The smallest absolute Gasteiger partial charge is 0.171 e. The normalized spacial score (nSPS) is 11.9. The maximum Gasteiger partial charge on any atom is 0.171 e. The Morgan fingerprint density at radius 1 is 1.00 bits per heavy atom. The van der Waals surface area contributed by atoms with Crippen LogP contribution in [0.3, 0.4) is 0 Å². The Kier molecular flexibility index (Phi) is 7.16. The van der Waals surface area contributed by atoms with Crippen LogP contribution in [0.5, 0.6) is 0 Å². The number of carbonyl (C=O) groups excluding carboxylic acids is 1. The van der Waals surface area contributed by atoms with Crippen molar-refractivity contribution in [1.82, 2.24) is 0 Å². The van der Waals surface area contributed by atoms with E-state index in [4.69, 9.17) is 12.2 Å². The Morgan fingerprint density at radius 3 is 2.18 bits per heavy atom. The van der Waals surface area contributed by atoms with E-state index in [1.54, 1.807) is 23.5 Å². The van der Waals surface area contributed by atoms with Gasteiger partial charge in [-0.25, -0.2) is 0 Å². The third kappa shape index (κ3) is 4.97. The van der Waals surface area contributed by atoms with Gasteiger partial charge in [-0.05, 0) is 11.3 Å². The highest BCUT2D eigenvalue weighted by molar-refractivity contribution is 8.47. The average molecular weight is 347 g/mol. The molecule has 4 heteroatoms. The number of hydrogen-bond donors (Lipinski definition) is 0. The molecule has 0 fully saturated rings. The Bertz CT molecular complexity index is 611. The first-order valence-corrected chi connectivity index (χ1v) is 9.54. The van der Waals surface area contributed by atoms with E-state index in [1.807, 2.05) is 60.7 Å². The SMILES string of the molecule is CCSC(=S)SCC(C(=O)c1ccccc1)c1ccccc1. The summed E-state index contributed by atoms with van der Waals surface area (Å²) in [6.45, 7) is 2.08. The molecule has 1 unspecified atom stereocenters. The Morgan fingerprint density at radius 2 is 1.59 bits per heavy atom. The molecule has 0 heterocycles. The van der Waals surface area contributed by atoms with E-state index in [1.165, 1.54) is 0 Å². The molecule has 0 N–H and O–H groups in total. The second-order valence-corrected chi connectivity index (χ2v) is 8.18. The van der Waals surface area contributed by atoms with Gasteiger partial charge in [0.2, 0.25) is 0 Å². The standard InChI is InChI=1S/C18H18OS3/c1-2-21-18(20)22-13-16(14-9-5-3-6-10-14)17(19)15-11-7-4-8-12-15/h3-12,16H,2,13H2,1H3. The first kappa shape index (κ1) is 17.3. The summed E-state index contributed by atoms with van der Waals surface area (Å²) < 4.78 is 0.907. The fourth-order valence-electron chi connectivity index (χ4n) is 2.12. The molecular weight excluding hydrogens is 328 g/mol. The average Bonchev–Trinajstić information content (AvgIpc) is 2.57. The van der Waals surface area contributed by atoms with Crippen molar-refractivity contribution in [2.75, 3.05) is 11.5 Å². The van der Waals surface area contributed by atoms with Gasteiger partial charge in [-0.2, -0.15) is 0 Å². The summed E-state index contributed by atoms with van der Waals surface area (Å²) in [4.78, 5) is 12.9. The molecule has 0 saturated carbocycles. The summed E-state index contributed by atoms with van der Waals surface area (Å²) in [6.07, 6.45) is 0. The molecule has 1 atom stereocenters.